The Labute approximate surface area is 476 Å². The molecule has 0 saturated heterocycles. The molecule has 0 aliphatic carbocycles. The van der Waals surface area contributed by atoms with Crippen molar-refractivity contribution < 1.29 is 18.6 Å². The maximum absolute atomic E-state index is 12.7. The Bertz CT molecular complexity index is 3460. The van der Waals surface area contributed by atoms with Crippen molar-refractivity contribution in [2.45, 2.75) is 40.0 Å². The maximum atomic E-state index is 12.7. The van der Waals surface area contributed by atoms with Crippen LogP contribution in [0.2, 0.25) is 0 Å². The smallest absolute Gasteiger partial charge is 0.124 e. The predicted molar refractivity (Wildman–Crippen MR) is 337 cm³/mol. The summed E-state index contributed by atoms with van der Waals surface area (Å²) in [6.45, 7) is 6.35. The van der Waals surface area contributed by atoms with Gasteiger partial charge in [-0.25, -0.2) is 8.78 Å². The molecule has 0 unspecified atom stereocenters. The van der Waals surface area contributed by atoms with E-state index in [2.05, 4.69) is 70.0 Å². The van der Waals surface area contributed by atoms with Gasteiger partial charge in [-0.1, -0.05) is 153 Å². The van der Waals surface area contributed by atoms with Crippen LogP contribution >= 0.6 is 0 Å². The van der Waals surface area contributed by atoms with Crippen molar-refractivity contribution in [3.05, 3.63) is 317 Å². The van der Waals surface area contributed by atoms with E-state index in [-0.39, 0.29) is 17.4 Å². The molecule has 10 rings (SSSR count). The third-order valence-electron chi connectivity index (χ3n) is 11.9. The van der Waals surface area contributed by atoms with E-state index in [0.29, 0.717) is 0 Å². The van der Waals surface area contributed by atoms with E-state index >= 15 is 0 Å². The van der Waals surface area contributed by atoms with Crippen LogP contribution in [0.15, 0.2) is 286 Å². The predicted octanol–water partition coefficient (Wildman–Crippen LogP) is 19.1. The summed E-state index contributed by atoms with van der Waals surface area (Å²) in [4.78, 5) is 21.7. The van der Waals surface area contributed by atoms with Gasteiger partial charge in [0.15, 0.2) is 0 Å². The van der Waals surface area contributed by atoms with Crippen molar-refractivity contribution in [3.8, 4) is 11.5 Å². The minimum absolute atomic E-state index is 0.228. The highest BCUT2D eigenvalue weighted by Gasteiger charge is 1.98. The molecule has 0 heterocycles. The molecule has 10 aromatic carbocycles. The number of hydrogen-bond acceptors (Lipinski definition) is 7. The van der Waals surface area contributed by atoms with Crippen LogP contribution in [0.5, 0.6) is 11.5 Å². The molecule has 0 bridgehead atoms. The molecule has 1 N–H and O–H groups in total. The summed E-state index contributed by atoms with van der Waals surface area (Å²) in [6.07, 6.45) is 12.5. The Morgan fingerprint density at radius 3 is 1.19 bits per heavy atom. The van der Waals surface area contributed by atoms with Gasteiger partial charge in [0.2, 0.25) is 0 Å². The van der Waals surface area contributed by atoms with Crippen molar-refractivity contribution in [3.63, 3.8) is 0 Å². The summed E-state index contributed by atoms with van der Waals surface area (Å²) in [7, 11) is 1.67. The van der Waals surface area contributed by atoms with Crippen molar-refractivity contribution in [1.29, 1.82) is 0 Å². The van der Waals surface area contributed by atoms with E-state index in [1.54, 1.807) is 62.2 Å². The molecule has 0 amide bonds. The lowest BCUT2D eigenvalue weighted by molar-refractivity contribution is 0.415. The van der Waals surface area contributed by atoms with E-state index in [0.717, 1.165) is 68.4 Å². The van der Waals surface area contributed by atoms with E-state index in [1.807, 2.05) is 188 Å². The zero-order chi connectivity index (χ0) is 57.1. The number of halogens is 2. The molecule has 0 aliphatic heterocycles. The number of phenolic OH excluding ortho intramolecular Hbond substituents is 1. The Morgan fingerprint density at radius 2 is 0.753 bits per heavy atom. The van der Waals surface area contributed by atoms with E-state index in [9.17, 15) is 13.9 Å². The number of para-hydroxylation sites is 4. The number of rotatable bonds is 14. The molecule has 0 spiro atoms. The normalized spacial score (nSPS) is 10.8. The number of aromatic hydroxyl groups is 1. The lowest BCUT2D eigenvalue weighted by Gasteiger charge is -2.01. The van der Waals surface area contributed by atoms with Crippen LogP contribution < -0.4 is 4.74 Å². The highest BCUT2D eigenvalue weighted by Crippen LogP contribution is 2.20. The Balaban J connectivity index is 0.000000164. The second-order valence-electron chi connectivity index (χ2n) is 18.2. The number of hydrogen-bond donors (Lipinski definition) is 1. The molecule has 406 valence electrons. The molecule has 9 heteroatoms. The van der Waals surface area contributed by atoms with Crippen LogP contribution in [-0.4, -0.2) is 43.3 Å². The van der Waals surface area contributed by atoms with E-state index in [1.165, 1.54) is 53.8 Å². The van der Waals surface area contributed by atoms with Crippen molar-refractivity contribution in [1.82, 2.24) is 0 Å². The van der Waals surface area contributed by atoms with E-state index < -0.39 is 0 Å². The minimum Gasteiger partial charge on any atom is -0.507 e. The van der Waals surface area contributed by atoms with Crippen molar-refractivity contribution in [2.75, 3.05) is 7.11 Å². The highest BCUT2D eigenvalue weighted by atomic mass is 19.1. The quantitative estimate of drug-likeness (QED) is 0.110. The fourth-order valence-electron chi connectivity index (χ4n) is 7.14. The second kappa shape index (κ2) is 34.7. The number of benzene rings is 10. The minimum atomic E-state index is -0.230. The number of ether oxygens (including phenoxy) is 1. The van der Waals surface area contributed by atoms with Gasteiger partial charge in [-0.15, -0.1) is 0 Å². The molecular formula is C72H67F2N5O2. The molecular weight excluding hydrogens is 1000 g/mol. The summed E-state index contributed by atoms with van der Waals surface area (Å²) in [5.41, 5.74) is 13.2. The van der Waals surface area contributed by atoms with Crippen molar-refractivity contribution in [2.24, 2.45) is 25.0 Å². The van der Waals surface area contributed by atoms with Gasteiger partial charge in [0.05, 0.1) is 35.5 Å². The summed E-state index contributed by atoms with van der Waals surface area (Å²) < 4.78 is 30.4. The molecule has 0 atom stereocenters. The first kappa shape index (κ1) is 60.2. The maximum Gasteiger partial charge on any atom is 0.124 e. The SMILES string of the molecule is C(=Nc1ccccc1)c1ccccc1.CCCCc1ccc(N=Cc2ccc(OC)cc2)cc1.Cc1ccc(N=Cc2ccc(F)cc2)cc1C.Fc1ccc(C=Nc2ccccc2)cc1.Oc1ccccc1C=Nc1ccccc1. The highest BCUT2D eigenvalue weighted by molar-refractivity contribution is 5.86. The fraction of sp³-hybridized carbons (Fsp3) is 0.0972. The lowest BCUT2D eigenvalue weighted by Crippen LogP contribution is -1.85. The average molecular weight is 1070 g/mol. The molecule has 0 fully saturated rings. The van der Waals surface area contributed by atoms with Gasteiger partial charge in [-0.05, 0) is 187 Å². The van der Waals surface area contributed by atoms with Gasteiger partial charge in [0.25, 0.3) is 0 Å². The molecule has 0 saturated carbocycles. The first-order valence-electron chi connectivity index (χ1n) is 26.6. The summed E-state index contributed by atoms with van der Waals surface area (Å²) in [5.74, 6) is 0.653. The van der Waals surface area contributed by atoms with Crippen LogP contribution in [0.4, 0.5) is 37.2 Å². The zero-order valence-electron chi connectivity index (χ0n) is 46.2. The number of methoxy groups -OCH3 is 1. The Morgan fingerprint density at radius 1 is 0.383 bits per heavy atom. The number of unbranched alkanes of at least 4 members (excludes halogenated alkanes) is 1. The van der Waals surface area contributed by atoms with E-state index in [4.69, 9.17) is 4.74 Å². The van der Waals surface area contributed by atoms with Crippen LogP contribution in [0.1, 0.15) is 64.3 Å². The molecule has 0 aromatic heterocycles. The summed E-state index contributed by atoms with van der Waals surface area (Å²) >= 11 is 0. The van der Waals surface area contributed by atoms with Crippen LogP contribution in [0.25, 0.3) is 0 Å². The first-order valence-corrected chi connectivity index (χ1v) is 26.6. The van der Waals surface area contributed by atoms with Gasteiger partial charge in [-0.2, -0.15) is 0 Å². The van der Waals surface area contributed by atoms with Gasteiger partial charge in [-0.3, -0.25) is 25.0 Å². The van der Waals surface area contributed by atoms with Crippen LogP contribution in [0, 0.1) is 25.5 Å². The average Bonchev–Trinajstić information content (AvgIpc) is 3.52. The fourth-order valence-corrected chi connectivity index (χ4v) is 7.14. The largest absolute Gasteiger partial charge is 0.507 e. The summed E-state index contributed by atoms with van der Waals surface area (Å²) in [6, 6.07) is 81.3. The standard InChI is InChI=1S/C18H21NO.C15H14FN.C13H10FN.C13H11NO.C13H11N/c1-3-4-5-15-6-10-17(11-7-15)19-14-16-8-12-18(20-2)13-9-16;1-11-3-8-15(9-12(11)2)17-10-13-4-6-14(16)7-5-13;14-12-8-6-11(7-9-12)10-15-13-4-2-1-3-5-13;15-13-9-5-4-6-11(13)10-14-12-7-2-1-3-8-12;1-3-7-12(8-4-1)11-14-13-9-5-2-6-10-13/h6-14H,3-5H2,1-2H3;3-10H,1-2H3;1-10H;1-10,15H;1-11H. The molecule has 7 nitrogen and oxygen atoms in total. The molecule has 0 aliphatic rings. The van der Waals surface area contributed by atoms with Gasteiger partial charge in [0.1, 0.15) is 23.1 Å². The Hall–Kier alpha value is -9.99. The number of aliphatic imine (C=N–C) groups is 5. The molecule has 10 aromatic rings. The van der Waals surface area contributed by atoms with Gasteiger partial charge < -0.3 is 9.84 Å². The zero-order valence-corrected chi connectivity index (χ0v) is 46.2. The second-order valence-corrected chi connectivity index (χ2v) is 18.2. The first-order chi connectivity index (χ1) is 39.6. The number of nitrogens with zero attached hydrogens (tertiary/aromatic N) is 5. The van der Waals surface area contributed by atoms with Crippen LogP contribution in [-0.2, 0) is 6.42 Å². The molecule has 0 radical (unpaired) electrons. The van der Waals surface area contributed by atoms with Crippen LogP contribution in [0.3, 0.4) is 0 Å². The number of phenols is 1. The monoisotopic (exact) mass is 1070 g/mol. The van der Waals surface area contributed by atoms with Gasteiger partial charge >= 0.3 is 0 Å². The Kier molecular flexibility index (Phi) is 25.8. The van der Waals surface area contributed by atoms with Gasteiger partial charge in [0, 0.05) is 36.6 Å². The van der Waals surface area contributed by atoms with Crippen molar-refractivity contribution >= 4 is 59.5 Å². The third-order valence-corrected chi connectivity index (χ3v) is 11.9. The summed E-state index contributed by atoms with van der Waals surface area (Å²) in [5, 5.41) is 9.50. The molecule has 81 heavy (non-hydrogen) atoms. The third kappa shape index (κ3) is 23.7. The number of aryl methyl sites for hydroxylation is 3. The topological polar surface area (TPSA) is 91.3 Å². The lowest BCUT2D eigenvalue weighted by atomic mass is 10.1.